The number of hydrogen-bond acceptors (Lipinski definition) is 4. The Kier molecular flexibility index (Phi) is 3.82. The highest BCUT2D eigenvalue weighted by Crippen LogP contribution is 2.24. The monoisotopic (exact) mass is 305 g/mol. The lowest BCUT2D eigenvalue weighted by Gasteiger charge is -2.04. The number of nitriles is 1. The van der Waals surface area contributed by atoms with E-state index >= 15 is 0 Å². The van der Waals surface area contributed by atoms with Crippen LogP contribution in [0.25, 0.3) is 11.0 Å². The summed E-state index contributed by atoms with van der Waals surface area (Å²) in [6.45, 7) is 3.96. The van der Waals surface area contributed by atoms with Crippen molar-refractivity contribution in [2.75, 3.05) is 5.32 Å². The highest BCUT2D eigenvalue weighted by molar-refractivity contribution is 5.95. The molecule has 0 aliphatic carbocycles. The van der Waals surface area contributed by atoms with Crippen molar-refractivity contribution in [2.24, 2.45) is 0 Å². The first-order valence-corrected chi connectivity index (χ1v) is 7.22. The van der Waals surface area contributed by atoms with Crippen molar-refractivity contribution in [3.8, 4) is 6.07 Å². The number of carbonyl (C=O) groups excluding carboxylic acids is 1. The van der Waals surface area contributed by atoms with E-state index in [1.807, 2.05) is 32.0 Å². The third-order valence-electron chi connectivity index (χ3n) is 3.60. The smallest absolute Gasteiger partial charge is 0.230 e. The second kappa shape index (κ2) is 5.93. The van der Waals surface area contributed by atoms with Crippen LogP contribution in [0, 0.1) is 25.2 Å². The molecule has 1 amide bonds. The second-order valence-electron chi connectivity index (χ2n) is 5.50. The molecule has 0 radical (unpaired) electrons. The number of aryl methyl sites for hydroxylation is 2. The fourth-order valence-corrected chi connectivity index (χ4v) is 2.55. The Morgan fingerprint density at radius 3 is 2.70 bits per heavy atom. The minimum absolute atomic E-state index is 0.135. The molecule has 1 aromatic heterocycles. The number of nitrogens with zero attached hydrogens (tertiary/aromatic N) is 2. The third-order valence-corrected chi connectivity index (χ3v) is 3.60. The zero-order chi connectivity index (χ0) is 16.4. The van der Waals surface area contributed by atoms with Gasteiger partial charge in [-0.15, -0.1) is 0 Å². The first-order chi connectivity index (χ1) is 11.1. The van der Waals surface area contributed by atoms with E-state index in [9.17, 15) is 4.79 Å². The molecular formula is C18H15N3O2. The number of fused-ring (bicyclic) bond motifs is 1. The largest absolute Gasteiger partial charge is 0.356 e. The summed E-state index contributed by atoms with van der Waals surface area (Å²) >= 11 is 0. The van der Waals surface area contributed by atoms with Gasteiger partial charge in [0, 0.05) is 11.1 Å². The average Bonchev–Trinajstić information content (AvgIpc) is 2.91. The summed E-state index contributed by atoms with van der Waals surface area (Å²) in [7, 11) is 0. The van der Waals surface area contributed by atoms with E-state index in [0.717, 1.165) is 22.1 Å². The Balaban J connectivity index is 1.79. The first-order valence-electron chi connectivity index (χ1n) is 7.22. The molecule has 0 spiro atoms. The van der Waals surface area contributed by atoms with E-state index in [2.05, 4.69) is 10.5 Å². The van der Waals surface area contributed by atoms with Crippen LogP contribution in [0.2, 0.25) is 0 Å². The van der Waals surface area contributed by atoms with Gasteiger partial charge < -0.3 is 9.84 Å². The fourth-order valence-electron chi connectivity index (χ4n) is 2.55. The van der Waals surface area contributed by atoms with Gasteiger partial charge in [0.1, 0.15) is 5.69 Å². The molecule has 0 fully saturated rings. The lowest BCUT2D eigenvalue weighted by atomic mass is 10.1. The predicted molar refractivity (Wildman–Crippen MR) is 87.0 cm³/mol. The van der Waals surface area contributed by atoms with Gasteiger partial charge in [-0.05, 0) is 55.3 Å². The number of benzene rings is 2. The average molecular weight is 305 g/mol. The zero-order valence-corrected chi connectivity index (χ0v) is 12.9. The molecule has 1 N–H and O–H groups in total. The summed E-state index contributed by atoms with van der Waals surface area (Å²) in [4.78, 5) is 12.2. The maximum absolute atomic E-state index is 12.2. The van der Waals surface area contributed by atoms with E-state index in [1.54, 1.807) is 24.3 Å². The van der Waals surface area contributed by atoms with Crippen molar-refractivity contribution >= 4 is 22.6 Å². The molecule has 0 aliphatic heterocycles. The molecule has 2 aromatic carbocycles. The second-order valence-corrected chi connectivity index (χ2v) is 5.50. The van der Waals surface area contributed by atoms with Crippen LogP contribution in [0.4, 0.5) is 5.69 Å². The predicted octanol–water partition coefficient (Wildman–Crippen LogP) is 3.50. The summed E-state index contributed by atoms with van der Waals surface area (Å²) < 4.78 is 5.35. The lowest BCUT2D eigenvalue weighted by molar-refractivity contribution is -0.115. The van der Waals surface area contributed by atoms with E-state index < -0.39 is 0 Å². The number of aromatic nitrogens is 1. The molecule has 0 atom stereocenters. The summed E-state index contributed by atoms with van der Waals surface area (Å²) in [5.74, 6) is -0.177. The van der Waals surface area contributed by atoms with E-state index in [-0.39, 0.29) is 12.3 Å². The Labute approximate surface area is 133 Å². The van der Waals surface area contributed by atoms with E-state index in [1.165, 1.54) is 0 Å². The number of amides is 1. The molecule has 0 saturated heterocycles. The molecule has 0 saturated carbocycles. The first kappa shape index (κ1) is 14.8. The van der Waals surface area contributed by atoms with Crippen molar-refractivity contribution in [3.63, 3.8) is 0 Å². The van der Waals surface area contributed by atoms with Crippen molar-refractivity contribution in [3.05, 3.63) is 58.8 Å². The fraction of sp³-hybridized carbons (Fsp3) is 0.167. The number of hydrogen-bond donors (Lipinski definition) is 1. The Hall–Kier alpha value is -3.13. The maximum atomic E-state index is 12.2. The molecule has 5 heteroatoms. The van der Waals surface area contributed by atoms with E-state index in [4.69, 9.17) is 9.78 Å². The molecule has 0 unspecified atom stereocenters. The minimum atomic E-state index is -0.177. The van der Waals surface area contributed by atoms with Gasteiger partial charge in [0.15, 0.2) is 5.58 Å². The molecular weight excluding hydrogens is 290 g/mol. The number of carbonyl (C=O) groups is 1. The summed E-state index contributed by atoms with van der Waals surface area (Å²) in [6, 6.07) is 12.8. The molecule has 0 aliphatic rings. The van der Waals surface area contributed by atoms with Gasteiger partial charge in [-0.3, -0.25) is 4.79 Å². The van der Waals surface area contributed by atoms with E-state index in [0.29, 0.717) is 16.9 Å². The third kappa shape index (κ3) is 3.06. The van der Waals surface area contributed by atoms with Gasteiger partial charge in [-0.1, -0.05) is 11.2 Å². The summed E-state index contributed by atoms with van der Waals surface area (Å²) in [6.07, 6.45) is 0.135. The van der Waals surface area contributed by atoms with Crippen molar-refractivity contribution in [1.82, 2.24) is 5.16 Å². The van der Waals surface area contributed by atoms with Crippen LogP contribution in [0.15, 0.2) is 40.9 Å². The van der Waals surface area contributed by atoms with Gasteiger partial charge >= 0.3 is 0 Å². The van der Waals surface area contributed by atoms with Gasteiger partial charge in [0.2, 0.25) is 5.91 Å². The van der Waals surface area contributed by atoms with Crippen molar-refractivity contribution in [2.45, 2.75) is 20.3 Å². The minimum Gasteiger partial charge on any atom is -0.356 e. The Morgan fingerprint density at radius 1 is 1.26 bits per heavy atom. The van der Waals surface area contributed by atoms with Gasteiger partial charge in [0.25, 0.3) is 0 Å². The van der Waals surface area contributed by atoms with Crippen LogP contribution in [-0.2, 0) is 11.2 Å². The van der Waals surface area contributed by atoms with Crippen LogP contribution in [0.3, 0.4) is 0 Å². The molecule has 5 nitrogen and oxygen atoms in total. The maximum Gasteiger partial charge on any atom is 0.230 e. The normalized spacial score (nSPS) is 10.5. The highest BCUT2D eigenvalue weighted by atomic mass is 16.5. The van der Waals surface area contributed by atoms with Crippen LogP contribution in [0.1, 0.15) is 22.4 Å². The SMILES string of the molecule is Cc1cc(C)c2onc(CC(=O)Nc3ccc(C#N)cc3)c2c1. The highest BCUT2D eigenvalue weighted by Gasteiger charge is 2.14. The Morgan fingerprint density at radius 2 is 2.00 bits per heavy atom. The van der Waals surface area contributed by atoms with Gasteiger partial charge in [0.05, 0.1) is 18.1 Å². The zero-order valence-electron chi connectivity index (χ0n) is 12.9. The Bertz CT molecular complexity index is 918. The lowest BCUT2D eigenvalue weighted by Crippen LogP contribution is -2.14. The van der Waals surface area contributed by atoms with Crippen LogP contribution in [-0.4, -0.2) is 11.1 Å². The van der Waals surface area contributed by atoms with Crippen LogP contribution >= 0.6 is 0 Å². The number of rotatable bonds is 3. The summed E-state index contributed by atoms with van der Waals surface area (Å²) in [5, 5.41) is 16.5. The van der Waals surface area contributed by atoms with Gasteiger partial charge in [-0.2, -0.15) is 5.26 Å². The standard InChI is InChI=1S/C18H15N3O2/c1-11-7-12(2)18-15(8-11)16(21-23-18)9-17(22)20-14-5-3-13(10-19)4-6-14/h3-8H,9H2,1-2H3,(H,20,22). The molecule has 23 heavy (non-hydrogen) atoms. The topological polar surface area (TPSA) is 78.9 Å². The van der Waals surface area contributed by atoms with Crippen molar-refractivity contribution < 1.29 is 9.32 Å². The number of nitrogens with one attached hydrogen (secondary N) is 1. The number of anilines is 1. The molecule has 3 aromatic rings. The van der Waals surface area contributed by atoms with Crippen molar-refractivity contribution in [1.29, 1.82) is 5.26 Å². The molecule has 3 rings (SSSR count). The quantitative estimate of drug-likeness (QED) is 0.803. The molecule has 1 heterocycles. The molecule has 0 bridgehead atoms. The van der Waals surface area contributed by atoms with Gasteiger partial charge in [-0.25, -0.2) is 0 Å². The van der Waals surface area contributed by atoms with Crippen LogP contribution < -0.4 is 5.32 Å². The molecule has 114 valence electrons. The summed E-state index contributed by atoms with van der Waals surface area (Å²) in [5.41, 5.74) is 4.65. The van der Waals surface area contributed by atoms with Crippen LogP contribution in [0.5, 0.6) is 0 Å².